The van der Waals surface area contributed by atoms with E-state index in [0.29, 0.717) is 6.54 Å². The molecule has 1 unspecified atom stereocenters. The van der Waals surface area contributed by atoms with Crippen LogP contribution < -0.4 is 0 Å². The number of hydrogen-bond acceptors (Lipinski definition) is 5. The van der Waals surface area contributed by atoms with Crippen LogP contribution in [0.4, 0.5) is 0 Å². The highest BCUT2D eigenvalue weighted by Crippen LogP contribution is 2.16. The number of carbonyl (C=O) groups excluding carboxylic acids is 1. The van der Waals surface area contributed by atoms with Gasteiger partial charge in [0.2, 0.25) is 5.91 Å². The molecule has 2 N–H and O–H groups in total. The molecule has 0 aromatic heterocycles. The average Bonchev–Trinajstić information content (AvgIpc) is 2.45. The number of likely N-dealkylation sites (tertiary alicyclic amines) is 1. The van der Waals surface area contributed by atoms with E-state index in [-0.39, 0.29) is 38.0 Å². The predicted molar refractivity (Wildman–Crippen MR) is 49.3 cm³/mol. The summed E-state index contributed by atoms with van der Waals surface area (Å²) in [6.45, 7) is 0.142. The van der Waals surface area contributed by atoms with Crippen molar-refractivity contribution in [1.29, 1.82) is 0 Å². The molecule has 88 valence electrons. The summed E-state index contributed by atoms with van der Waals surface area (Å²) in [6.07, 6.45) is 0.266. The monoisotopic (exact) mass is 239 g/mol. The van der Waals surface area contributed by atoms with Crippen LogP contribution >= 0.6 is 0 Å². The summed E-state index contributed by atoms with van der Waals surface area (Å²) < 4.78 is 32.7. The maximum absolute atomic E-state index is 11.2. The van der Waals surface area contributed by atoms with E-state index in [2.05, 4.69) is 4.18 Å². The van der Waals surface area contributed by atoms with Gasteiger partial charge in [-0.25, -0.2) is 4.18 Å². The molecule has 0 radical (unpaired) electrons. The Labute approximate surface area is 87.6 Å². The maximum Gasteiger partial charge on any atom is 0.397 e. The number of nitrogens with zero attached hydrogens (tertiary/aromatic N) is 1. The van der Waals surface area contributed by atoms with Crippen LogP contribution in [0.15, 0.2) is 0 Å². The molecule has 1 rings (SSSR count). The number of rotatable bonds is 5. The average molecular weight is 239 g/mol. The molecule has 1 heterocycles. The molecule has 1 atom stereocenters. The van der Waals surface area contributed by atoms with E-state index in [4.69, 9.17) is 9.66 Å². The van der Waals surface area contributed by atoms with Gasteiger partial charge in [0.25, 0.3) is 0 Å². The van der Waals surface area contributed by atoms with Crippen LogP contribution in [0.3, 0.4) is 0 Å². The Bertz CT molecular complexity index is 326. The number of aliphatic hydroxyl groups excluding tert-OH is 1. The molecule has 0 bridgehead atoms. The van der Waals surface area contributed by atoms with E-state index in [1.165, 1.54) is 4.90 Å². The van der Waals surface area contributed by atoms with Gasteiger partial charge < -0.3 is 10.0 Å². The van der Waals surface area contributed by atoms with Gasteiger partial charge >= 0.3 is 10.4 Å². The summed E-state index contributed by atoms with van der Waals surface area (Å²) in [5.41, 5.74) is 0. The Hall–Kier alpha value is -0.700. The van der Waals surface area contributed by atoms with E-state index in [0.717, 1.165) is 0 Å². The minimum absolute atomic E-state index is 0.0681. The molecule has 0 saturated carbocycles. The first-order valence-corrected chi connectivity index (χ1v) is 5.79. The highest BCUT2D eigenvalue weighted by atomic mass is 32.3. The Morgan fingerprint density at radius 3 is 2.67 bits per heavy atom. The lowest BCUT2D eigenvalue weighted by Gasteiger charge is -2.15. The first kappa shape index (κ1) is 12.4. The molecule has 1 amide bonds. The fourth-order valence-corrected chi connectivity index (χ4v) is 1.73. The van der Waals surface area contributed by atoms with E-state index >= 15 is 0 Å². The molecular formula is C7H13NO6S. The topological polar surface area (TPSA) is 104 Å². The fraction of sp³-hybridized carbons (Fsp3) is 0.857. The van der Waals surface area contributed by atoms with Crippen LogP contribution in [0.25, 0.3) is 0 Å². The van der Waals surface area contributed by atoms with Gasteiger partial charge in [-0.2, -0.15) is 8.42 Å². The van der Waals surface area contributed by atoms with Crippen molar-refractivity contribution in [3.8, 4) is 0 Å². The zero-order valence-corrected chi connectivity index (χ0v) is 8.81. The Morgan fingerprint density at radius 1 is 1.53 bits per heavy atom. The van der Waals surface area contributed by atoms with Crippen molar-refractivity contribution in [3.05, 3.63) is 0 Å². The minimum Gasteiger partial charge on any atom is -0.396 e. The SMILES string of the molecule is O=C1CC(CO)CN1CCOS(=O)(=O)O. The molecule has 0 aromatic carbocycles. The minimum atomic E-state index is -4.44. The molecule has 8 heteroatoms. The van der Waals surface area contributed by atoms with E-state index in [9.17, 15) is 13.2 Å². The van der Waals surface area contributed by atoms with Crippen LogP contribution in [0, 0.1) is 5.92 Å². The molecular weight excluding hydrogens is 226 g/mol. The summed E-state index contributed by atoms with van der Waals surface area (Å²) in [4.78, 5) is 12.6. The highest BCUT2D eigenvalue weighted by Gasteiger charge is 2.28. The third kappa shape index (κ3) is 4.12. The van der Waals surface area contributed by atoms with Crippen LogP contribution in [-0.2, 0) is 19.4 Å². The van der Waals surface area contributed by atoms with Gasteiger partial charge in [0, 0.05) is 32.0 Å². The standard InChI is InChI=1S/C7H13NO6S/c9-5-6-3-7(10)8(4-6)1-2-14-15(11,12)13/h6,9H,1-5H2,(H,11,12,13). The second kappa shape index (κ2) is 4.88. The molecule has 1 aliphatic heterocycles. The van der Waals surface area contributed by atoms with Crippen molar-refractivity contribution in [1.82, 2.24) is 4.90 Å². The van der Waals surface area contributed by atoms with E-state index < -0.39 is 10.4 Å². The largest absolute Gasteiger partial charge is 0.397 e. The van der Waals surface area contributed by atoms with Gasteiger partial charge in [0.15, 0.2) is 0 Å². The Morgan fingerprint density at radius 2 is 2.20 bits per heavy atom. The van der Waals surface area contributed by atoms with Gasteiger partial charge in [0.1, 0.15) is 0 Å². The van der Waals surface area contributed by atoms with Gasteiger partial charge in [0.05, 0.1) is 6.61 Å². The van der Waals surface area contributed by atoms with Crippen molar-refractivity contribution in [3.63, 3.8) is 0 Å². The maximum atomic E-state index is 11.2. The van der Waals surface area contributed by atoms with Crippen molar-refractivity contribution in [2.24, 2.45) is 5.92 Å². The quantitative estimate of drug-likeness (QED) is 0.575. The van der Waals surface area contributed by atoms with Crippen LogP contribution in [0.1, 0.15) is 6.42 Å². The lowest BCUT2D eigenvalue weighted by Crippen LogP contribution is -2.30. The Kier molecular flexibility index (Phi) is 4.03. The first-order chi connectivity index (χ1) is 6.92. The zero-order valence-electron chi connectivity index (χ0n) is 8.00. The Balaban J connectivity index is 2.31. The van der Waals surface area contributed by atoms with Crippen LogP contribution in [0.5, 0.6) is 0 Å². The highest BCUT2D eigenvalue weighted by molar-refractivity contribution is 7.80. The number of hydrogen-bond donors (Lipinski definition) is 2. The summed E-state index contributed by atoms with van der Waals surface area (Å²) in [6, 6.07) is 0. The van der Waals surface area contributed by atoms with E-state index in [1.807, 2.05) is 0 Å². The lowest BCUT2D eigenvalue weighted by molar-refractivity contribution is -0.128. The second-order valence-corrected chi connectivity index (χ2v) is 4.43. The molecule has 1 saturated heterocycles. The summed E-state index contributed by atoms with van der Waals surface area (Å²) in [7, 11) is -4.44. The van der Waals surface area contributed by atoms with Gasteiger partial charge in [-0.05, 0) is 0 Å². The third-order valence-electron chi connectivity index (χ3n) is 2.15. The van der Waals surface area contributed by atoms with Gasteiger partial charge in [-0.15, -0.1) is 0 Å². The number of carbonyl (C=O) groups is 1. The molecule has 15 heavy (non-hydrogen) atoms. The predicted octanol–water partition coefficient (Wildman–Crippen LogP) is -1.35. The molecule has 1 fully saturated rings. The molecule has 0 aromatic rings. The number of aliphatic hydroxyl groups is 1. The molecule has 0 spiro atoms. The second-order valence-electron chi connectivity index (χ2n) is 3.34. The van der Waals surface area contributed by atoms with Crippen molar-refractivity contribution < 1.29 is 27.1 Å². The van der Waals surface area contributed by atoms with Gasteiger partial charge in [-0.3, -0.25) is 9.35 Å². The first-order valence-electron chi connectivity index (χ1n) is 4.43. The summed E-state index contributed by atoms with van der Waals surface area (Å²) in [5.74, 6) is -0.240. The zero-order chi connectivity index (χ0) is 11.5. The summed E-state index contributed by atoms with van der Waals surface area (Å²) >= 11 is 0. The lowest BCUT2D eigenvalue weighted by atomic mass is 10.1. The molecule has 0 aliphatic carbocycles. The normalized spacial score (nSPS) is 22.4. The molecule has 1 aliphatic rings. The van der Waals surface area contributed by atoms with Crippen molar-refractivity contribution in [2.75, 3.05) is 26.3 Å². The molecule has 7 nitrogen and oxygen atoms in total. The van der Waals surface area contributed by atoms with E-state index in [1.54, 1.807) is 0 Å². The van der Waals surface area contributed by atoms with Crippen LogP contribution in [0.2, 0.25) is 0 Å². The number of amides is 1. The third-order valence-corrected chi connectivity index (χ3v) is 2.61. The summed E-state index contributed by atoms with van der Waals surface area (Å²) in [5, 5.41) is 8.81. The van der Waals surface area contributed by atoms with Crippen molar-refractivity contribution >= 4 is 16.3 Å². The van der Waals surface area contributed by atoms with Gasteiger partial charge in [-0.1, -0.05) is 0 Å². The smallest absolute Gasteiger partial charge is 0.396 e. The van der Waals surface area contributed by atoms with Crippen molar-refractivity contribution in [2.45, 2.75) is 6.42 Å². The van der Waals surface area contributed by atoms with Crippen LogP contribution in [-0.4, -0.2) is 55.2 Å². The fourth-order valence-electron chi connectivity index (χ4n) is 1.45.